The van der Waals surface area contributed by atoms with Crippen LogP contribution in [-0.4, -0.2) is 45.1 Å². The molecule has 0 fully saturated rings. The van der Waals surface area contributed by atoms with Gasteiger partial charge in [-0.2, -0.15) is 0 Å². The molecular formula is C19H44NO3S+. The van der Waals surface area contributed by atoms with Crippen molar-refractivity contribution in [2.24, 2.45) is 0 Å². The van der Waals surface area contributed by atoms with Crippen LogP contribution in [0, 0.1) is 0 Å². The van der Waals surface area contributed by atoms with Gasteiger partial charge in [0.2, 0.25) is 0 Å². The molecule has 0 spiro atoms. The van der Waals surface area contributed by atoms with E-state index in [4.69, 9.17) is 13.0 Å². The lowest BCUT2D eigenvalue weighted by molar-refractivity contribution is -0.870. The third-order valence-electron chi connectivity index (χ3n) is 4.18. The molecule has 0 heterocycles. The zero-order valence-corrected chi connectivity index (χ0v) is 17.7. The number of unbranched alkanes of at least 4 members (excludes halogenated alkanes) is 13. The average molecular weight is 367 g/mol. The van der Waals surface area contributed by atoms with Crippen molar-refractivity contribution in [1.29, 1.82) is 0 Å². The maximum Gasteiger partial charge on any atom is 0.254 e. The van der Waals surface area contributed by atoms with Crippen molar-refractivity contribution in [2.75, 3.05) is 27.7 Å². The average Bonchev–Trinajstić information content (AvgIpc) is 2.46. The van der Waals surface area contributed by atoms with Crippen LogP contribution in [0.2, 0.25) is 0 Å². The number of quaternary nitrogens is 1. The van der Waals surface area contributed by atoms with Gasteiger partial charge in [0.25, 0.3) is 11.0 Å². The number of hydrogen-bond acceptors (Lipinski definition) is 2. The van der Waals surface area contributed by atoms with Gasteiger partial charge in [0.15, 0.2) is 0 Å². The van der Waals surface area contributed by atoms with Crippen molar-refractivity contribution < 1.29 is 17.5 Å². The first-order valence-corrected chi connectivity index (χ1v) is 11.1. The molecule has 0 atom stereocenters. The highest BCUT2D eigenvalue weighted by atomic mass is 32.2. The number of rotatable bonds is 15. The highest BCUT2D eigenvalue weighted by Gasteiger charge is 2.04. The van der Waals surface area contributed by atoms with Crippen LogP contribution in [0.5, 0.6) is 0 Å². The van der Waals surface area contributed by atoms with Crippen molar-refractivity contribution in [3.05, 3.63) is 0 Å². The molecule has 0 amide bonds. The predicted octanol–water partition coefficient (Wildman–Crippen LogP) is 5.24. The van der Waals surface area contributed by atoms with Gasteiger partial charge in [-0.25, -0.2) is 8.42 Å². The first-order valence-electron chi connectivity index (χ1n) is 9.93. The molecule has 5 heteroatoms. The Bertz CT molecular complexity index is 304. The third-order valence-corrected chi connectivity index (χ3v) is 4.18. The molecule has 0 radical (unpaired) electrons. The van der Waals surface area contributed by atoms with E-state index in [-0.39, 0.29) is 0 Å². The fourth-order valence-corrected chi connectivity index (χ4v) is 2.78. The molecule has 0 aliphatic rings. The summed E-state index contributed by atoms with van der Waals surface area (Å²) >= 11 is 0. The molecule has 0 unspecified atom stereocenters. The minimum atomic E-state index is -3.12. The zero-order valence-electron chi connectivity index (χ0n) is 16.8. The summed E-state index contributed by atoms with van der Waals surface area (Å²) in [6, 6.07) is 0. The van der Waals surface area contributed by atoms with Crippen LogP contribution < -0.4 is 0 Å². The van der Waals surface area contributed by atoms with Gasteiger partial charge in [-0.05, 0) is 12.8 Å². The summed E-state index contributed by atoms with van der Waals surface area (Å²) in [7, 11) is 3.76. The van der Waals surface area contributed by atoms with Crippen molar-refractivity contribution in [3.8, 4) is 0 Å². The van der Waals surface area contributed by atoms with Crippen LogP contribution >= 0.6 is 0 Å². The largest absolute Gasteiger partial charge is 0.331 e. The van der Waals surface area contributed by atoms with Gasteiger partial charge in [0.05, 0.1) is 27.7 Å². The molecule has 1 N–H and O–H groups in total. The summed E-state index contributed by atoms with van der Waals surface area (Å²) in [5.74, 6) is 0. The monoisotopic (exact) mass is 366 g/mol. The molecule has 0 aliphatic carbocycles. The molecular weight excluding hydrogens is 322 g/mol. The van der Waals surface area contributed by atoms with Crippen LogP contribution in [0.15, 0.2) is 0 Å². The predicted molar refractivity (Wildman–Crippen MR) is 106 cm³/mol. The Balaban J connectivity index is 0. The minimum absolute atomic E-state index is 1.12. The number of thiol groups is 1. The Morgan fingerprint density at radius 3 is 1.12 bits per heavy atom. The maximum absolute atomic E-state index is 8.59. The standard InChI is InChI=1S/C19H42N.H2O3S/c1-5-6-7-8-9-10-11-12-13-14-15-16-17-18-19-20(2,3)4;1-4(2)3/h5-19H2,1-4H3;4H,(H,1,2,3)/q+1;. The molecule has 0 aromatic rings. The van der Waals surface area contributed by atoms with E-state index >= 15 is 0 Å². The lowest BCUT2D eigenvalue weighted by Gasteiger charge is -2.23. The smallest absolute Gasteiger partial charge is 0.254 e. The summed E-state index contributed by atoms with van der Waals surface area (Å²) < 4.78 is 25.3. The number of hydrogen-bond donors (Lipinski definition) is 2. The highest BCUT2D eigenvalue weighted by Crippen LogP contribution is 2.13. The van der Waals surface area contributed by atoms with Gasteiger partial charge in [-0.15, -0.1) is 0 Å². The van der Waals surface area contributed by atoms with Crippen LogP contribution in [0.25, 0.3) is 0 Å². The lowest BCUT2D eigenvalue weighted by Crippen LogP contribution is -2.35. The molecule has 0 aliphatic heterocycles. The van der Waals surface area contributed by atoms with Gasteiger partial charge in [-0.3, -0.25) is 4.55 Å². The van der Waals surface area contributed by atoms with Crippen molar-refractivity contribution in [1.82, 2.24) is 0 Å². The van der Waals surface area contributed by atoms with Crippen molar-refractivity contribution >= 4 is 11.0 Å². The second-order valence-corrected chi connectivity index (χ2v) is 8.32. The molecule has 0 rings (SSSR count). The summed E-state index contributed by atoms with van der Waals surface area (Å²) in [4.78, 5) is 0. The molecule has 0 aromatic carbocycles. The molecule has 0 saturated heterocycles. The third kappa shape index (κ3) is 33.5. The van der Waals surface area contributed by atoms with Crippen LogP contribution in [-0.2, 0) is 11.0 Å². The minimum Gasteiger partial charge on any atom is -0.331 e. The van der Waals surface area contributed by atoms with Gasteiger partial charge in [0, 0.05) is 0 Å². The molecule has 0 bridgehead atoms. The van der Waals surface area contributed by atoms with E-state index in [1.165, 1.54) is 96.4 Å². The van der Waals surface area contributed by atoms with E-state index in [0.717, 1.165) is 4.48 Å². The Kier molecular flexibility index (Phi) is 20.9. The van der Waals surface area contributed by atoms with E-state index < -0.39 is 11.0 Å². The van der Waals surface area contributed by atoms with E-state index in [2.05, 4.69) is 28.1 Å². The van der Waals surface area contributed by atoms with Crippen LogP contribution in [0.1, 0.15) is 96.8 Å². The van der Waals surface area contributed by atoms with E-state index in [1.807, 2.05) is 0 Å². The van der Waals surface area contributed by atoms with Crippen LogP contribution in [0.4, 0.5) is 0 Å². The second kappa shape index (κ2) is 19.2. The molecule has 0 aromatic heterocycles. The Labute approximate surface area is 153 Å². The van der Waals surface area contributed by atoms with Gasteiger partial charge < -0.3 is 4.48 Å². The van der Waals surface area contributed by atoms with Crippen molar-refractivity contribution in [2.45, 2.75) is 96.8 Å². The maximum atomic E-state index is 8.59. The summed E-state index contributed by atoms with van der Waals surface area (Å²) in [5, 5.41) is 0. The second-order valence-electron chi connectivity index (χ2n) is 7.85. The molecule has 148 valence electrons. The van der Waals surface area contributed by atoms with Gasteiger partial charge in [-0.1, -0.05) is 84.0 Å². The number of nitrogens with zero attached hydrogens (tertiary/aromatic N) is 1. The highest BCUT2D eigenvalue weighted by molar-refractivity contribution is 7.66. The van der Waals surface area contributed by atoms with Crippen LogP contribution in [0.3, 0.4) is 0 Å². The lowest BCUT2D eigenvalue weighted by atomic mass is 10.0. The van der Waals surface area contributed by atoms with E-state index in [0.29, 0.717) is 0 Å². The van der Waals surface area contributed by atoms with E-state index in [9.17, 15) is 0 Å². The van der Waals surface area contributed by atoms with E-state index in [1.54, 1.807) is 0 Å². The van der Waals surface area contributed by atoms with Gasteiger partial charge in [0.1, 0.15) is 0 Å². The first kappa shape index (κ1) is 26.1. The SMILES string of the molecule is CCCCCCCCCCCCCCCC[N+](C)(C)C.O=[SH](=O)O. The summed E-state index contributed by atoms with van der Waals surface area (Å²) in [5.41, 5.74) is 0. The van der Waals surface area contributed by atoms with Gasteiger partial charge >= 0.3 is 0 Å². The molecule has 0 saturated carbocycles. The normalized spacial score (nSPS) is 11.4. The topological polar surface area (TPSA) is 54.4 Å². The first-order chi connectivity index (χ1) is 11.3. The zero-order chi connectivity index (χ0) is 18.7. The summed E-state index contributed by atoms with van der Waals surface area (Å²) in [6.07, 6.45) is 20.4. The quantitative estimate of drug-likeness (QED) is 0.180. The Hall–Kier alpha value is -0.130. The Morgan fingerprint density at radius 1 is 0.625 bits per heavy atom. The molecule has 4 nitrogen and oxygen atoms in total. The fourth-order valence-electron chi connectivity index (χ4n) is 2.78. The Morgan fingerprint density at radius 2 is 0.875 bits per heavy atom. The molecule has 24 heavy (non-hydrogen) atoms. The summed E-state index contributed by atoms with van der Waals surface area (Å²) in [6.45, 7) is 3.63. The van der Waals surface area contributed by atoms with Crippen molar-refractivity contribution in [3.63, 3.8) is 0 Å². The fraction of sp³-hybridized carbons (Fsp3) is 1.00.